The Morgan fingerprint density at radius 1 is 1.46 bits per heavy atom. The van der Waals surface area contributed by atoms with Gasteiger partial charge in [0, 0.05) is 12.6 Å². The second-order valence-electron chi connectivity index (χ2n) is 2.41. The number of nitrogens with two attached hydrogens (primary N) is 1. The molecule has 0 aliphatic heterocycles. The van der Waals surface area contributed by atoms with Crippen molar-refractivity contribution in [2.45, 2.75) is 0 Å². The lowest BCUT2D eigenvalue weighted by atomic mass is 10.2. The maximum Gasteiger partial charge on any atom is 0.251 e. The molecule has 70 valence electrons. The molecule has 4 nitrogen and oxygen atoms in total. The van der Waals surface area contributed by atoms with Gasteiger partial charge in [-0.3, -0.25) is 10.5 Å². The largest absolute Gasteiger partial charge is 0.479 e. The van der Waals surface area contributed by atoms with Crippen molar-refractivity contribution in [1.29, 1.82) is 0 Å². The van der Waals surface area contributed by atoms with Crippen LogP contribution in [-0.4, -0.2) is 19.7 Å². The smallest absolute Gasteiger partial charge is 0.251 e. The zero-order valence-electron chi connectivity index (χ0n) is 7.41. The molecule has 0 bridgehead atoms. The van der Waals surface area contributed by atoms with Crippen LogP contribution in [0.4, 0.5) is 0 Å². The van der Waals surface area contributed by atoms with Crippen LogP contribution in [0, 0.1) is 0 Å². The van der Waals surface area contributed by atoms with Gasteiger partial charge in [0.25, 0.3) is 5.91 Å². The summed E-state index contributed by atoms with van der Waals surface area (Å²) >= 11 is 0. The average Bonchev–Trinajstić information content (AvgIpc) is 2.18. The van der Waals surface area contributed by atoms with Crippen molar-refractivity contribution in [3.63, 3.8) is 0 Å². The predicted molar refractivity (Wildman–Crippen MR) is 49.5 cm³/mol. The van der Waals surface area contributed by atoms with E-state index in [0.717, 1.165) is 0 Å². The molecule has 0 radical (unpaired) electrons. The third-order valence-electron chi connectivity index (χ3n) is 1.59. The Hall–Kier alpha value is -1.55. The van der Waals surface area contributed by atoms with Crippen LogP contribution in [0.15, 0.2) is 24.3 Å². The lowest BCUT2D eigenvalue weighted by molar-refractivity contribution is 0.0963. The highest BCUT2D eigenvalue weighted by Gasteiger charge is 2.01. The average molecular weight is 180 g/mol. The first kappa shape index (κ1) is 9.54. The van der Waals surface area contributed by atoms with E-state index in [1.54, 1.807) is 31.3 Å². The molecule has 0 spiro atoms. The minimum atomic E-state index is -0.112. The van der Waals surface area contributed by atoms with Gasteiger partial charge in [0.05, 0.1) is 0 Å². The van der Waals surface area contributed by atoms with E-state index in [2.05, 4.69) is 5.32 Å². The predicted octanol–water partition coefficient (Wildman–Crippen LogP) is 0.341. The Kier molecular flexibility index (Phi) is 3.28. The molecule has 0 unspecified atom stereocenters. The molecule has 0 saturated carbocycles. The van der Waals surface area contributed by atoms with Gasteiger partial charge >= 0.3 is 0 Å². The van der Waals surface area contributed by atoms with Gasteiger partial charge in [0.2, 0.25) is 0 Å². The van der Waals surface area contributed by atoms with Crippen LogP contribution < -0.4 is 15.8 Å². The van der Waals surface area contributed by atoms with E-state index in [1.165, 1.54) is 0 Å². The number of carbonyl (C=O) groups excluding carboxylic acids is 1. The zero-order valence-corrected chi connectivity index (χ0v) is 7.41. The zero-order chi connectivity index (χ0) is 9.68. The number of hydrogen-bond acceptors (Lipinski definition) is 3. The molecule has 13 heavy (non-hydrogen) atoms. The van der Waals surface area contributed by atoms with Crippen molar-refractivity contribution in [3.8, 4) is 5.75 Å². The van der Waals surface area contributed by atoms with Gasteiger partial charge in [-0.05, 0) is 24.3 Å². The fraction of sp³-hybridized carbons (Fsp3) is 0.222. The SMILES string of the molecule is CNC(=O)c1ccc(OCN)cc1. The fourth-order valence-corrected chi connectivity index (χ4v) is 0.943. The normalized spacial score (nSPS) is 9.38. The first-order valence-electron chi connectivity index (χ1n) is 3.93. The summed E-state index contributed by atoms with van der Waals surface area (Å²) in [4.78, 5) is 11.1. The summed E-state index contributed by atoms with van der Waals surface area (Å²) in [6, 6.07) is 6.78. The summed E-state index contributed by atoms with van der Waals surface area (Å²) in [7, 11) is 1.59. The first-order chi connectivity index (χ1) is 6.27. The van der Waals surface area contributed by atoms with Crippen LogP contribution in [0.1, 0.15) is 10.4 Å². The number of rotatable bonds is 3. The second kappa shape index (κ2) is 4.47. The quantitative estimate of drug-likeness (QED) is 0.659. The maximum absolute atomic E-state index is 11.1. The van der Waals surface area contributed by atoms with E-state index < -0.39 is 0 Å². The summed E-state index contributed by atoms with van der Waals surface area (Å²) in [6.45, 7) is 0.138. The lowest BCUT2D eigenvalue weighted by Gasteiger charge is -2.03. The van der Waals surface area contributed by atoms with Crippen molar-refractivity contribution in [1.82, 2.24) is 5.32 Å². The molecule has 0 atom stereocenters. The van der Waals surface area contributed by atoms with Crippen molar-refractivity contribution in [2.24, 2.45) is 5.73 Å². The summed E-state index contributed by atoms with van der Waals surface area (Å²) in [5.41, 5.74) is 5.79. The van der Waals surface area contributed by atoms with Crippen molar-refractivity contribution >= 4 is 5.91 Å². The van der Waals surface area contributed by atoms with Gasteiger partial charge in [0.15, 0.2) is 0 Å². The van der Waals surface area contributed by atoms with Crippen LogP contribution in [0.25, 0.3) is 0 Å². The van der Waals surface area contributed by atoms with E-state index in [9.17, 15) is 4.79 Å². The van der Waals surface area contributed by atoms with Gasteiger partial charge in [-0.1, -0.05) is 0 Å². The summed E-state index contributed by atoms with van der Waals surface area (Å²) in [5.74, 6) is 0.550. The van der Waals surface area contributed by atoms with Crippen LogP contribution in [0.3, 0.4) is 0 Å². The van der Waals surface area contributed by atoms with Crippen LogP contribution in [0.2, 0.25) is 0 Å². The molecule has 0 aliphatic rings. The van der Waals surface area contributed by atoms with Gasteiger partial charge in [-0.2, -0.15) is 0 Å². The van der Waals surface area contributed by atoms with Crippen molar-refractivity contribution in [2.75, 3.05) is 13.8 Å². The maximum atomic E-state index is 11.1. The lowest BCUT2D eigenvalue weighted by Crippen LogP contribution is -2.17. The molecule has 0 aromatic heterocycles. The first-order valence-corrected chi connectivity index (χ1v) is 3.93. The van der Waals surface area contributed by atoms with Gasteiger partial charge in [-0.25, -0.2) is 0 Å². The second-order valence-corrected chi connectivity index (χ2v) is 2.41. The minimum Gasteiger partial charge on any atom is -0.479 e. The van der Waals surface area contributed by atoms with E-state index in [-0.39, 0.29) is 12.6 Å². The van der Waals surface area contributed by atoms with Gasteiger partial charge in [0.1, 0.15) is 12.5 Å². The van der Waals surface area contributed by atoms with Crippen molar-refractivity contribution < 1.29 is 9.53 Å². The molecular weight excluding hydrogens is 168 g/mol. The van der Waals surface area contributed by atoms with E-state index >= 15 is 0 Å². The highest BCUT2D eigenvalue weighted by Crippen LogP contribution is 2.11. The monoisotopic (exact) mass is 180 g/mol. The number of carbonyl (C=O) groups is 1. The Balaban J connectivity index is 2.75. The summed E-state index contributed by atoms with van der Waals surface area (Å²) < 4.78 is 5.02. The minimum absolute atomic E-state index is 0.112. The molecule has 4 heteroatoms. The van der Waals surface area contributed by atoms with Crippen LogP contribution in [-0.2, 0) is 0 Å². The fourth-order valence-electron chi connectivity index (χ4n) is 0.943. The number of nitrogens with one attached hydrogen (secondary N) is 1. The molecule has 1 rings (SSSR count). The topological polar surface area (TPSA) is 64.3 Å². The molecule has 0 heterocycles. The molecule has 1 aromatic rings. The standard InChI is InChI=1S/C9H12N2O2/c1-11-9(12)7-2-4-8(5-3-7)13-6-10/h2-5H,6,10H2,1H3,(H,11,12). The summed E-state index contributed by atoms with van der Waals surface area (Å²) in [6.07, 6.45) is 0. The number of benzene rings is 1. The van der Waals surface area contributed by atoms with Crippen LogP contribution >= 0.6 is 0 Å². The molecule has 0 fully saturated rings. The highest BCUT2D eigenvalue weighted by molar-refractivity contribution is 5.94. The Morgan fingerprint density at radius 3 is 2.54 bits per heavy atom. The third kappa shape index (κ3) is 2.45. The number of hydrogen-bond donors (Lipinski definition) is 2. The number of ether oxygens (including phenoxy) is 1. The van der Waals surface area contributed by atoms with E-state index in [1.807, 2.05) is 0 Å². The molecule has 3 N–H and O–H groups in total. The Morgan fingerprint density at radius 2 is 2.08 bits per heavy atom. The van der Waals surface area contributed by atoms with Crippen LogP contribution in [0.5, 0.6) is 5.75 Å². The Labute approximate surface area is 76.7 Å². The molecular formula is C9H12N2O2. The molecule has 1 aromatic carbocycles. The summed E-state index contributed by atoms with van der Waals surface area (Å²) in [5, 5.41) is 2.53. The molecule has 1 amide bonds. The number of amides is 1. The highest BCUT2D eigenvalue weighted by atomic mass is 16.5. The van der Waals surface area contributed by atoms with E-state index in [0.29, 0.717) is 11.3 Å². The third-order valence-corrected chi connectivity index (χ3v) is 1.59. The van der Waals surface area contributed by atoms with E-state index in [4.69, 9.17) is 10.5 Å². The van der Waals surface area contributed by atoms with Gasteiger partial charge < -0.3 is 10.1 Å². The van der Waals surface area contributed by atoms with Crippen molar-refractivity contribution in [3.05, 3.63) is 29.8 Å². The molecule has 0 saturated heterocycles. The molecule has 0 aliphatic carbocycles. The Bertz CT molecular complexity index is 282. The van der Waals surface area contributed by atoms with Gasteiger partial charge in [-0.15, -0.1) is 0 Å².